The van der Waals surface area contributed by atoms with Gasteiger partial charge in [-0.05, 0) is 43.7 Å². The molecule has 24 heavy (non-hydrogen) atoms. The summed E-state index contributed by atoms with van der Waals surface area (Å²) in [6.45, 7) is 4.71. The highest BCUT2D eigenvalue weighted by molar-refractivity contribution is 14.0. The molecule has 1 spiro atoms. The van der Waals surface area contributed by atoms with Crippen molar-refractivity contribution in [3.63, 3.8) is 0 Å². The number of benzene rings is 1. The summed E-state index contributed by atoms with van der Waals surface area (Å²) in [6, 6.07) is 6.51. The van der Waals surface area contributed by atoms with Crippen molar-refractivity contribution in [2.75, 3.05) is 26.7 Å². The molecule has 2 fully saturated rings. The molecule has 0 bridgehead atoms. The molecule has 0 aromatic heterocycles. The average Bonchev–Trinajstić information content (AvgIpc) is 2.96. The van der Waals surface area contributed by atoms with Crippen LogP contribution in [0.2, 0.25) is 0 Å². The number of halogens is 2. The highest BCUT2D eigenvalue weighted by atomic mass is 127. The Morgan fingerprint density at radius 3 is 2.71 bits per heavy atom. The molecule has 6 heteroatoms. The summed E-state index contributed by atoms with van der Waals surface area (Å²) in [7, 11) is 1.82. The lowest BCUT2D eigenvalue weighted by Crippen LogP contribution is -2.45. The number of nitrogens with zero attached hydrogens (tertiary/aromatic N) is 2. The van der Waals surface area contributed by atoms with Gasteiger partial charge in [0.15, 0.2) is 17.5 Å². The lowest BCUT2D eigenvalue weighted by Gasteiger charge is -2.38. The van der Waals surface area contributed by atoms with Crippen molar-refractivity contribution in [3.8, 4) is 5.75 Å². The summed E-state index contributed by atoms with van der Waals surface area (Å²) in [5.41, 5.74) is 0.549. The number of rotatable bonds is 4. The summed E-state index contributed by atoms with van der Waals surface area (Å²) in [5, 5.41) is 3.37. The zero-order valence-corrected chi connectivity index (χ0v) is 16.8. The van der Waals surface area contributed by atoms with Gasteiger partial charge in [0.25, 0.3) is 0 Å². The van der Waals surface area contributed by atoms with Gasteiger partial charge in [-0.25, -0.2) is 4.39 Å². The van der Waals surface area contributed by atoms with E-state index in [1.165, 1.54) is 31.7 Å². The maximum atomic E-state index is 13.6. The predicted octanol–water partition coefficient (Wildman–Crippen LogP) is 3.66. The van der Waals surface area contributed by atoms with E-state index in [4.69, 9.17) is 4.74 Å². The molecule has 1 atom stereocenters. The van der Waals surface area contributed by atoms with Crippen LogP contribution in [0.4, 0.5) is 4.39 Å². The second-order valence-corrected chi connectivity index (χ2v) is 6.81. The maximum absolute atomic E-state index is 13.6. The van der Waals surface area contributed by atoms with E-state index in [9.17, 15) is 4.39 Å². The first kappa shape index (κ1) is 19.3. The van der Waals surface area contributed by atoms with Crippen LogP contribution in [0.3, 0.4) is 0 Å². The van der Waals surface area contributed by atoms with Gasteiger partial charge in [-0.3, -0.25) is 4.99 Å². The summed E-state index contributed by atoms with van der Waals surface area (Å²) in [5.74, 6) is 0.902. The zero-order valence-electron chi connectivity index (χ0n) is 14.4. The van der Waals surface area contributed by atoms with Crippen molar-refractivity contribution in [1.29, 1.82) is 0 Å². The molecule has 1 saturated carbocycles. The van der Waals surface area contributed by atoms with Crippen molar-refractivity contribution in [1.82, 2.24) is 10.2 Å². The Morgan fingerprint density at radius 1 is 1.38 bits per heavy atom. The molecule has 1 aromatic rings. The minimum atomic E-state index is -0.324. The first-order valence-electron chi connectivity index (χ1n) is 8.49. The Kier molecular flexibility index (Phi) is 6.71. The maximum Gasteiger partial charge on any atom is 0.193 e. The van der Waals surface area contributed by atoms with E-state index in [1.54, 1.807) is 18.2 Å². The van der Waals surface area contributed by atoms with Crippen LogP contribution in [-0.2, 0) is 0 Å². The summed E-state index contributed by atoms with van der Waals surface area (Å²) in [6.07, 6.45) is 5.21. The molecule has 1 aromatic carbocycles. The molecule has 0 radical (unpaired) electrons. The van der Waals surface area contributed by atoms with Crippen LogP contribution in [-0.4, -0.2) is 43.6 Å². The first-order chi connectivity index (χ1) is 11.1. The van der Waals surface area contributed by atoms with E-state index in [1.807, 2.05) is 14.0 Å². The van der Waals surface area contributed by atoms with Gasteiger partial charge in [-0.2, -0.15) is 0 Å². The molecule has 1 N–H and O–H groups in total. The van der Waals surface area contributed by atoms with Crippen LogP contribution in [0.1, 0.15) is 32.6 Å². The minimum absolute atomic E-state index is 0. The van der Waals surface area contributed by atoms with Crippen molar-refractivity contribution in [2.24, 2.45) is 10.4 Å². The van der Waals surface area contributed by atoms with Crippen LogP contribution < -0.4 is 10.1 Å². The molecule has 1 aliphatic heterocycles. The zero-order chi connectivity index (χ0) is 16.3. The Morgan fingerprint density at radius 2 is 2.12 bits per heavy atom. The van der Waals surface area contributed by atoms with Gasteiger partial charge >= 0.3 is 0 Å². The fourth-order valence-electron chi connectivity index (χ4n) is 3.57. The molecular weight excluding hydrogens is 420 g/mol. The van der Waals surface area contributed by atoms with Crippen molar-refractivity contribution in [2.45, 2.75) is 38.7 Å². The van der Waals surface area contributed by atoms with E-state index in [-0.39, 0.29) is 35.9 Å². The molecule has 134 valence electrons. The van der Waals surface area contributed by atoms with E-state index in [0.29, 0.717) is 17.7 Å². The summed E-state index contributed by atoms with van der Waals surface area (Å²) >= 11 is 0. The van der Waals surface area contributed by atoms with Crippen LogP contribution in [0, 0.1) is 11.2 Å². The van der Waals surface area contributed by atoms with E-state index >= 15 is 0 Å². The smallest absolute Gasteiger partial charge is 0.193 e. The Hall–Kier alpha value is -1.05. The van der Waals surface area contributed by atoms with Gasteiger partial charge in [0.2, 0.25) is 0 Å². The van der Waals surface area contributed by atoms with Crippen molar-refractivity contribution < 1.29 is 9.13 Å². The van der Waals surface area contributed by atoms with Crippen molar-refractivity contribution in [3.05, 3.63) is 30.1 Å². The molecular formula is C18H27FIN3O. The number of para-hydroxylation sites is 1. The summed E-state index contributed by atoms with van der Waals surface area (Å²) in [4.78, 5) is 6.73. The number of hydrogen-bond donors (Lipinski definition) is 1. The predicted molar refractivity (Wildman–Crippen MR) is 106 cm³/mol. The fraction of sp³-hybridized carbons (Fsp3) is 0.611. The van der Waals surface area contributed by atoms with E-state index in [2.05, 4.69) is 15.2 Å². The van der Waals surface area contributed by atoms with Crippen LogP contribution in [0.15, 0.2) is 29.3 Å². The number of ether oxygens (including phenoxy) is 1. The summed E-state index contributed by atoms with van der Waals surface area (Å²) < 4.78 is 19.3. The third kappa shape index (κ3) is 4.32. The number of hydrogen-bond acceptors (Lipinski definition) is 2. The lowest BCUT2D eigenvalue weighted by atomic mass is 9.68. The van der Waals surface area contributed by atoms with E-state index < -0.39 is 0 Å². The molecule has 2 aliphatic rings. The van der Waals surface area contributed by atoms with Crippen LogP contribution >= 0.6 is 24.0 Å². The van der Waals surface area contributed by atoms with Gasteiger partial charge in [-0.1, -0.05) is 18.6 Å². The van der Waals surface area contributed by atoms with Crippen molar-refractivity contribution >= 4 is 29.9 Å². The van der Waals surface area contributed by atoms with Crippen LogP contribution in [0.25, 0.3) is 0 Å². The first-order valence-corrected chi connectivity index (χ1v) is 8.49. The Balaban J connectivity index is 0.00000208. The topological polar surface area (TPSA) is 36.9 Å². The Bertz CT molecular complexity index is 577. The molecule has 1 unspecified atom stereocenters. The molecule has 1 aliphatic carbocycles. The largest absolute Gasteiger partial charge is 0.486 e. The number of guanidine groups is 1. The lowest BCUT2D eigenvalue weighted by molar-refractivity contribution is 0.151. The quantitative estimate of drug-likeness (QED) is 0.435. The second kappa shape index (κ2) is 8.36. The van der Waals surface area contributed by atoms with Gasteiger partial charge in [0, 0.05) is 20.1 Å². The molecule has 4 nitrogen and oxygen atoms in total. The highest BCUT2D eigenvalue weighted by Crippen LogP contribution is 2.47. The number of aliphatic imine (C=N–C) groups is 1. The molecule has 1 saturated heterocycles. The van der Waals surface area contributed by atoms with Gasteiger partial charge in [-0.15, -0.1) is 24.0 Å². The standard InChI is InChI=1S/C18H26FN3O.HI/c1-14(23-16-7-4-3-6-15(16)19)12-21-17(20-2)22-11-10-18(13-22)8-5-9-18;/h3-4,6-7,14H,5,8-13H2,1-2H3,(H,20,21);1H. The molecule has 3 rings (SSSR count). The third-order valence-corrected chi connectivity index (χ3v) is 5.08. The monoisotopic (exact) mass is 447 g/mol. The molecule has 1 heterocycles. The SMILES string of the molecule is CN=C(NCC(C)Oc1ccccc1F)N1CCC2(CCC2)C1.I. The van der Waals surface area contributed by atoms with Gasteiger partial charge < -0.3 is 15.0 Å². The van der Waals surface area contributed by atoms with E-state index in [0.717, 1.165) is 19.0 Å². The number of nitrogens with one attached hydrogen (secondary N) is 1. The highest BCUT2D eigenvalue weighted by Gasteiger charge is 2.43. The second-order valence-electron chi connectivity index (χ2n) is 6.81. The average molecular weight is 447 g/mol. The van der Waals surface area contributed by atoms with Crippen LogP contribution in [0.5, 0.6) is 5.75 Å². The minimum Gasteiger partial charge on any atom is -0.486 e. The normalized spacial score (nSPS) is 20.3. The molecule has 0 amide bonds. The Labute approximate surface area is 160 Å². The number of likely N-dealkylation sites (tertiary alicyclic amines) is 1. The fourth-order valence-corrected chi connectivity index (χ4v) is 3.57. The van der Waals surface area contributed by atoms with Gasteiger partial charge in [0.1, 0.15) is 6.10 Å². The van der Waals surface area contributed by atoms with Gasteiger partial charge in [0.05, 0.1) is 6.54 Å². The third-order valence-electron chi connectivity index (χ3n) is 5.08.